The van der Waals surface area contributed by atoms with Gasteiger partial charge in [-0.25, -0.2) is 0 Å². The SMILES string of the molecule is C#C/C=C\C=C1/CC(=O)c2cc(C(C)C)ccc2S1. The number of terminal acetylenes is 1. The van der Waals surface area contributed by atoms with Crippen molar-refractivity contribution in [1.29, 1.82) is 0 Å². The molecule has 19 heavy (non-hydrogen) atoms. The minimum Gasteiger partial charge on any atom is -0.294 e. The summed E-state index contributed by atoms with van der Waals surface area (Å²) in [5.74, 6) is 3.07. The Hall–Kier alpha value is -1.72. The summed E-state index contributed by atoms with van der Waals surface area (Å²) in [6.07, 6.45) is 11.0. The lowest BCUT2D eigenvalue weighted by molar-refractivity contribution is 0.0990. The molecule has 2 heteroatoms. The van der Waals surface area contributed by atoms with Crippen LogP contribution in [-0.4, -0.2) is 5.78 Å². The number of allylic oxidation sites excluding steroid dienone is 4. The summed E-state index contributed by atoms with van der Waals surface area (Å²) < 4.78 is 0. The Bertz CT molecular complexity index is 600. The van der Waals surface area contributed by atoms with E-state index in [1.807, 2.05) is 24.3 Å². The van der Waals surface area contributed by atoms with Crippen molar-refractivity contribution < 1.29 is 4.79 Å². The number of hydrogen-bond donors (Lipinski definition) is 0. The minimum absolute atomic E-state index is 0.191. The molecule has 1 aliphatic rings. The molecule has 96 valence electrons. The fourth-order valence-electron chi connectivity index (χ4n) is 1.95. The Morgan fingerprint density at radius 1 is 1.42 bits per heavy atom. The second-order valence-electron chi connectivity index (χ2n) is 4.77. The average Bonchev–Trinajstić information content (AvgIpc) is 2.38. The zero-order valence-electron chi connectivity index (χ0n) is 11.1. The molecule has 0 saturated heterocycles. The van der Waals surface area contributed by atoms with Gasteiger partial charge < -0.3 is 0 Å². The summed E-state index contributed by atoms with van der Waals surface area (Å²) in [7, 11) is 0. The largest absolute Gasteiger partial charge is 0.294 e. The highest BCUT2D eigenvalue weighted by molar-refractivity contribution is 8.03. The van der Waals surface area contributed by atoms with Gasteiger partial charge in [-0.2, -0.15) is 0 Å². The molecule has 2 rings (SSSR count). The van der Waals surface area contributed by atoms with Crippen LogP contribution >= 0.6 is 11.8 Å². The molecule has 1 aromatic rings. The summed E-state index contributed by atoms with van der Waals surface area (Å²) in [6.45, 7) is 4.27. The maximum Gasteiger partial charge on any atom is 0.168 e. The maximum absolute atomic E-state index is 12.2. The number of fused-ring (bicyclic) bond motifs is 1. The molecule has 0 saturated carbocycles. The molecule has 0 fully saturated rings. The van der Waals surface area contributed by atoms with Crippen LogP contribution in [0.5, 0.6) is 0 Å². The first kappa shape index (κ1) is 13.7. The van der Waals surface area contributed by atoms with Gasteiger partial charge in [0.15, 0.2) is 5.78 Å². The van der Waals surface area contributed by atoms with Crippen LogP contribution in [0.2, 0.25) is 0 Å². The van der Waals surface area contributed by atoms with Gasteiger partial charge in [-0.1, -0.05) is 49.7 Å². The highest BCUT2D eigenvalue weighted by Gasteiger charge is 2.21. The van der Waals surface area contributed by atoms with Crippen molar-refractivity contribution in [3.05, 3.63) is 52.5 Å². The smallest absolute Gasteiger partial charge is 0.168 e. The molecular formula is C17H16OS. The van der Waals surface area contributed by atoms with Crippen molar-refractivity contribution in [1.82, 2.24) is 0 Å². The summed E-state index contributed by atoms with van der Waals surface area (Å²) in [5, 5.41) is 0. The van der Waals surface area contributed by atoms with Crippen LogP contribution in [0.1, 0.15) is 42.1 Å². The lowest BCUT2D eigenvalue weighted by Gasteiger charge is -2.18. The Kier molecular flexibility index (Phi) is 4.29. The first-order chi connectivity index (χ1) is 9.11. The van der Waals surface area contributed by atoms with E-state index in [-0.39, 0.29) is 5.78 Å². The molecular weight excluding hydrogens is 252 g/mol. The number of carbonyl (C=O) groups is 1. The van der Waals surface area contributed by atoms with Gasteiger partial charge in [0, 0.05) is 16.9 Å². The Balaban J connectivity index is 2.31. The predicted octanol–water partition coefficient (Wildman–Crippen LogP) is 4.56. The molecule has 0 N–H and O–H groups in total. The summed E-state index contributed by atoms with van der Waals surface area (Å²) in [4.78, 5) is 14.3. The third-order valence-corrected chi connectivity index (χ3v) is 4.14. The Morgan fingerprint density at radius 2 is 2.21 bits per heavy atom. The molecule has 0 spiro atoms. The van der Waals surface area contributed by atoms with Crippen LogP contribution in [-0.2, 0) is 0 Å². The van der Waals surface area contributed by atoms with Gasteiger partial charge >= 0.3 is 0 Å². The summed E-state index contributed by atoms with van der Waals surface area (Å²) in [6, 6.07) is 6.18. The third-order valence-electron chi connectivity index (χ3n) is 3.02. The zero-order valence-corrected chi connectivity index (χ0v) is 12.0. The van der Waals surface area contributed by atoms with Crippen LogP contribution in [0.25, 0.3) is 0 Å². The quantitative estimate of drug-likeness (QED) is 0.731. The van der Waals surface area contributed by atoms with E-state index in [2.05, 4.69) is 25.8 Å². The van der Waals surface area contributed by atoms with E-state index in [9.17, 15) is 4.79 Å². The lowest BCUT2D eigenvalue weighted by Crippen LogP contribution is -2.08. The molecule has 1 aromatic carbocycles. The fraction of sp³-hybridized carbons (Fsp3) is 0.235. The predicted molar refractivity (Wildman–Crippen MR) is 81.4 cm³/mol. The molecule has 1 aliphatic heterocycles. The molecule has 0 bridgehead atoms. The fourth-order valence-corrected chi connectivity index (χ4v) is 3.00. The van der Waals surface area contributed by atoms with Crippen molar-refractivity contribution in [2.75, 3.05) is 0 Å². The van der Waals surface area contributed by atoms with E-state index in [4.69, 9.17) is 6.42 Å². The van der Waals surface area contributed by atoms with Crippen molar-refractivity contribution in [2.24, 2.45) is 0 Å². The van der Waals surface area contributed by atoms with Gasteiger partial charge in [-0.15, -0.1) is 6.42 Å². The Labute approximate surface area is 118 Å². The minimum atomic E-state index is 0.191. The molecule has 1 heterocycles. The van der Waals surface area contributed by atoms with Gasteiger partial charge in [-0.05, 0) is 34.6 Å². The third kappa shape index (κ3) is 3.19. The summed E-state index contributed by atoms with van der Waals surface area (Å²) in [5.41, 5.74) is 2.07. The van der Waals surface area contributed by atoms with Crippen LogP contribution in [0, 0.1) is 12.3 Å². The molecule has 0 unspecified atom stereocenters. The van der Waals surface area contributed by atoms with E-state index in [0.717, 1.165) is 15.4 Å². The normalized spacial score (nSPS) is 16.9. The Morgan fingerprint density at radius 3 is 2.89 bits per heavy atom. The number of thioether (sulfide) groups is 1. The number of rotatable bonds is 2. The second kappa shape index (κ2) is 5.95. The monoisotopic (exact) mass is 268 g/mol. The number of Topliss-reactive ketones (excluding diaryl/α,β-unsaturated/α-hetero) is 1. The van der Waals surface area contributed by atoms with E-state index in [1.165, 1.54) is 5.56 Å². The van der Waals surface area contributed by atoms with Gasteiger partial charge in [0.2, 0.25) is 0 Å². The van der Waals surface area contributed by atoms with Crippen LogP contribution in [0.15, 0.2) is 46.2 Å². The van der Waals surface area contributed by atoms with E-state index >= 15 is 0 Å². The molecule has 1 nitrogen and oxygen atoms in total. The topological polar surface area (TPSA) is 17.1 Å². The molecule has 0 aliphatic carbocycles. The van der Waals surface area contributed by atoms with Gasteiger partial charge in [0.05, 0.1) is 0 Å². The van der Waals surface area contributed by atoms with Gasteiger partial charge in [0.25, 0.3) is 0 Å². The summed E-state index contributed by atoms with van der Waals surface area (Å²) >= 11 is 1.65. The average molecular weight is 268 g/mol. The molecule has 0 atom stereocenters. The maximum atomic E-state index is 12.2. The zero-order chi connectivity index (χ0) is 13.8. The molecule has 0 radical (unpaired) electrons. The van der Waals surface area contributed by atoms with Crippen LogP contribution in [0.3, 0.4) is 0 Å². The molecule has 0 aromatic heterocycles. The number of benzene rings is 1. The second-order valence-corrected chi connectivity index (χ2v) is 5.94. The number of ketones is 1. The van der Waals surface area contributed by atoms with Crippen molar-refractivity contribution in [3.8, 4) is 12.3 Å². The van der Waals surface area contributed by atoms with Gasteiger partial charge in [0.1, 0.15) is 0 Å². The standard InChI is InChI=1S/C17H16OS/c1-4-5-6-7-14-11-16(18)15-10-13(12(2)3)8-9-17(15)19-14/h1,5-10,12H,11H2,2-3H3/b6-5-,14-7+. The number of hydrogen-bond acceptors (Lipinski definition) is 2. The van der Waals surface area contributed by atoms with E-state index < -0.39 is 0 Å². The molecule has 0 amide bonds. The van der Waals surface area contributed by atoms with Crippen LogP contribution in [0.4, 0.5) is 0 Å². The van der Waals surface area contributed by atoms with Crippen molar-refractivity contribution in [2.45, 2.75) is 31.1 Å². The number of carbonyl (C=O) groups excluding carboxylic acids is 1. The van der Waals surface area contributed by atoms with Crippen molar-refractivity contribution >= 4 is 17.5 Å². The first-order valence-electron chi connectivity index (χ1n) is 6.28. The lowest BCUT2D eigenvalue weighted by atomic mass is 9.98. The van der Waals surface area contributed by atoms with Crippen molar-refractivity contribution in [3.63, 3.8) is 0 Å². The van der Waals surface area contributed by atoms with Crippen LogP contribution < -0.4 is 0 Å². The highest BCUT2D eigenvalue weighted by atomic mass is 32.2. The van der Waals surface area contributed by atoms with E-state index in [0.29, 0.717) is 12.3 Å². The first-order valence-corrected chi connectivity index (χ1v) is 7.10. The van der Waals surface area contributed by atoms with Gasteiger partial charge in [-0.3, -0.25) is 4.79 Å². The van der Waals surface area contributed by atoms with E-state index in [1.54, 1.807) is 17.8 Å². The highest BCUT2D eigenvalue weighted by Crippen LogP contribution is 2.39.